The van der Waals surface area contributed by atoms with Crippen molar-refractivity contribution in [3.63, 3.8) is 0 Å². The normalized spacial score (nSPS) is 12.4. The number of carbonyl (C=O) groups is 1. The predicted octanol–water partition coefficient (Wildman–Crippen LogP) is 2.81. The van der Waals surface area contributed by atoms with Crippen LogP contribution in [-0.4, -0.2) is 34.0 Å². The summed E-state index contributed by atoms with van der Waals surface area (Å²) in [5.74, 6) is 0.230. The number of carbonyl (C=O) groups excluding carboxylic acids is 1. The fourth-order valence-electron chi connectivity index (χ4n) is 2.17. The minimum Gasteiger partial charge on any atom is -0.484 e. The minimum atomic E-state index is -3.55. The first-order valence-corrected chi connectivity index (χ1v) is 9.88. The Bertz CT molecular complexity index is 820. The van der Waals surface area contributed by atoms with Gasteiger partial charge in [-0.15, -0.1) is 0 Å². The van der Waals surface area contributed by atoms with E-state index in [-0.39, 0.29) is 23.5 Å². The van der Waals surface area contributed by atoms with Gasteiger partial charge in [0.2, 0.25) is 10.0 Å². The molecule has 1 atom stereocenters. The van der Waals surface area contributed by atoms with E-state index in [0.29, 0.717) is 12.2 Å². The van der Waals surface area contributed by atoms with Gasteiger partial charge in [0.25, 0.3) is 5.91 Å². The highest BCUT2D eigenvalue weighted by Crippen LogP contribution is 2.17. The number of benzene rings is 2. The van der Waals surface area contributed by atoms with Crippen LogP contribution in [-0.2, 0) is 14.8 Å². The number of ether oxygens (including phenoxy) is 1. The van der Waals surface area contributed by atoms with Gasteiger partial charge in [0, 0.05) is 18.8 Å². The third-order valence-electron chi connectivity index (χ3n) is 3.98. The first-order chi connectivity index (χ1) is 12.3. The molecule has 6 nitrogen and oxygen atoms in total. The van der Waals surface area contributed by atoms with Gasteiger partial charge in [-0.25, -0.2) is 13.1 Å². The van der Waals surface area contributed by atoms with Crippen LogP contribution in [0.3, 0.4) is 0 Å². The molecule has 0 heterocycles. The Morgan fingerprint density at radius 2 is 1.73 bits per heavy atom. The molecule has 26 heavy (non-hydrogen) atoms. The number of sulfonamides is 1. The lowest BCUT2D eigenvalue weighted by Gasteiger charge is -2.17. The standard InChI is InChI=1S/C19H24N2O4S/c1-4-15(2)20-26(23,24)18-12-10-17(11-13-18)25-14-19(22)21(3)16-8-6-5-7-9-16/h5-13,15,20H,4,14H2,1-3H3. The average molecular weight is 376 g/mol. The molecule has 0 aliphatic rings. The Labute approximate surface area is 154 Å². The predicted molar refractivity (Wildman–Crippen MR) is 102 cm³/mol. The second kappa shape index (κ2) is 8.82. The highest BCUT2D eigenvalue weighted by atomic mass is 32.2. The van der Waals surface area contributed by atoms with E-state index in [4.69, 9.17) is 4.74 Å². The molecule has 2 aromatic carbocycles. The Balaban J connectivity index is 1.96. The fraction of sp³-hybridized carbons (Fsp3) is 0.316. The van der Waals surface area contributed by atoms with Crippen molar-refractivity contribution in [1.29, 1.82) is 0 Å². The maximum atomic E-state index is 12.2. The summed E-state index contributed by atoms with van der Waals surface area (Å²) in [7, 11) is -1.87. The van der Waals surface area contributed by atoms with Crippen LogP contribution in [0.5, 0.6) is 5.75 Å². The van der Waals surface area contributed by atoms with Crippen LogP contribution in [0, 0.1) is 0 Å². The largest absolute Gasteiger partial charge is 0.484 e. The molecule has 7 heteroatoms. The molecule has 1 amide bonds. The average Bonchev–Trinajstić information content (AvgIpc) is 2.66. The highest BCUT2D eigenvalue weighted by Gasteiger charge is 2.17. The molecule has 0 aliphatic heterocycles. The Hall–Kier alpha value is -2.38. The zero-order chi connectivity index (χ0) is 19.2. The summed E-state index contributed by atoms with van der Waals surface area (Å²) < 4.78 is 32.5. The number of likely N-dealkylation sites (N-methyl/N-ethyl adjacent to an activating group) is 1. The van der Waals surface area contributed by atoms with Crippen LogP contribution in [0.25, 0.3) is 0 Å². The summed E-state index contributed by atoms with van der Waals surface area (Å²) in [5.41, 5.74) is 0.777. The summed E-state index contributed by atoms with van der Waals surface area (Å²) in [6, 6.07) is 15.1. The van der Waals surface area contributed by atoms with E-state index in [0.717, 1.165) is 5.69 Å². The van der Waals surface area contributed by atoms with Gasteiger partial charge in [0.05, 0.1) is 4.90 Å². The Morgan fingerprint density at radius 3 is 2.31 bits per heavy atom. The maximum absolute atomic E-state index is 12.2. The molecule has 0 saturated carbocycles. The lowest BCUT2D eigenvalue weighted by molar-refractivity contribution is -0.120. The molecule has 0 fully saturated rings. The lowest BCUT2D eigenvalue weighted by Crippen LogP contribution is -2.32. The lowest BCUT2D eigenvalue weighted by atomic mass is 10.3. The van der Waals surface area contributed by atoms with Gasteiger partial charge in [-0.2, -0.15) is 0 Å². The van der Waals surface area contributed by atoms with Crippen LogP contribution in [0.15, 0.2) is 59.5 Å². The third kappa shape index (κ3) is 5.31. The van der Waals surface area contributed by atoms with E-state index in [9.17, 15) is 13.2 Å². The van der Waals surface area contributed by atoms with Crippen LogP contribution in [0.2, 0.25) is 0 Å². The van der Waals surface area contributed by atoms with Crippen molar-refractivity contribution in [3.05, 3.63) is 54.6 Å². The van der Waals surface area contributed by atoms with Crippen molar-refractivity contribution >= 4 is 21.6 Å². The van der Waals surface area contributed by atoms with Crippen molar-refractivity contribution in [2.75, 3.05) is 18.6 Å². The number of rotatable bonds is 8. The second-order valence-corrected chi connectivity index (χ2v) is 7.69. The van der Waals surface area contributed by atoms with Crippen molar-refractivity contribution in [2.45, 2.75) is 31.2 Å². The minimum absolute atomic E-state index is 0.136. The zero-order valence-corrected chi connectivity index (χ0v) is 16.0. The van der Waals surface area contributed by atoms with Gasteiger partial charge in [-0.05, 0) is 49.7 Å². The van der Waals surface area contributed by atoms with Gasteiger partial charge in [-0.3, -0.25) is 4.79 Å². The molecule has 0 bridgehead atoms. The summed E-state index contributed by atoms with van der Waals surface area (Å²) in [5, 5.41) is 0. The number of nitrogens with one attached hydrogen (secondary N) is 1. The van der Waals surface area contributed by atoms with Gasteiger partial charge in [0.15, 0.2) is 6.61 Å². The molecule has 1 unspecified atom stereocenters. The molecular formula is C19H24N2O4S. The van der Waals surface area contributed by atoms with E-state index in [1.165, 1.54) is 17.0 Å². The molecule has 140 valence electrons. The van der Waals surface area contributed by atoms with Crippen molar-refractivity contribution in [2.24, 2.45) is 0 Å². The number of hydrogen-bond acceptors (Lipinski definition) is 4. The summed E-state index contributed by atoms with van der Waals surface area (Å²) >= 11 is 0. The first kappa shape index (κ1) is 19.9. The number of anilines is 1. The maximum Gasteiger partial charge on any atom is 0.264 e. The SMILES string of the molecule is CCC(C)NS(=O)(=O)c1ccc(OCC(=O)N(C)c2ccccc2)cc1. The first-order valence-electron chi connectivity index (χ1n) is 8.40. The number of nitrogens with zero attached hydrogens (tertiary/aromatic N) is 1. The molecule has 0 aromatic heterocycles. The molecule has 1 N–H and O–H groups in total. The molecule has 0 aliphatic carbocycles. The quantitative estimate of drug-likeness (QED) is 0.769. The van der Waals surface area contributed by atoms with Crippen LogP contribution in [0.4, 0.5) is 5.69 Å². The van der Waals surface area contributed by atoms with E-state index in [1.54, 1.807) is 19.2 Å². The monoisotopic (exact) mass is 376 g/mol. The number of para-hydroxylation sites is 1. The molecule has 0 spiro atoms. The second-order valence-electron chi connectivity index (χ2n) is 5.98. The van der Waals surface area contributed by atoms with Gasteiger partial charge < -0.3 is 9.64 Å². The summed E-state index contributed by atoms with van der Waals surface area (Å²) in [4.78, 5) is 13.9. The molecule has 2 rings (SSSR count). The fourth-order valence-corrected chi connectivity index (χ4v) is 3.50. The molecule has 0 radical (unpaired) electrons. The molecular weight excluding hydrogens is 352 g/mol. The third-order valence-corrected chi connectivity index (χ3v) is 5.59. The zero-order valence-electron chi connectivity index (χ0n) is 15.2. The van der Waals surface area contributed by atoms with Crippen molar-refractivity contribution in [1.82, 2.24) is 4.72 Å². The topological polar surface area (TPSA) is 75.7 Å². The smallest absolute Gasteiger partial charge is 0.264 e. The van der Waals surface area contributed by atoms with Crippen molar-refractivity contribution < 1.29 is 17.9 Å². The van der Waals surface area contributed by atoms with E-state index >= 15 is 0 Å². The highest BCUT2D eigenvalue weighted by molar-refractivity contribution is 7.89. The molecule has 0 saturated heterocycles. The van der Waals surface area contributed by atoms with Crippen LogP contribution >= 0.6 is 0 Å². The Morgan fingerprint density at radius 1 is 1.12 bits per heavy atom. The molecule has 2 aromatic rings. The summed E-state index contributed by atoms with van der Waals surface area (Å²) in [6.07, 6.45) is 0.706. The van der Waals surface area contributed by atoms with E-state index < -0.39 is 10.0 Å². The number of amides is 1. The van der Waals surface area contributed by atoms with Gasteiger partial charge >= 0.3 is 0 Å². The van der Waals surface area contributed by atoms with Crippen LogP contribution < -0.4 is 14.4 Å². The van der Waals surface area contributed by atoms with E-state index in [1.807, 2.05) is 44.2 Å². The number of hydrogen-bond donors (Lipinski definition) is 1. The van der Waals surface area contributed by atoms with E-state index in [2.05, 4.69) is 4.72 Å². The van der Waals surface area contributed by atoms with Crippen LogP contribution in [0.1, 0.15) is 20.3 Å². The van der Waals surface area contributed by atoms with Gasteiger partial charge in [-0.1, -0.05) is 25.1 Å². The van der Waals surface area contributed by atoms with Gasteiger partial charge in [0.1, 0.15) is 5.75 Å². The summed E-state index contributed by atoms with van der Waals surface area (Å²) in [6.45, 7) is 3.58. The van der Waals surface area contributed by atoms with Crippen molar-refractivity contribution in [3.8, 4) is 5.75 Å². The Kier molecular flexibility index (Phi) is 6.76.